The molecule has 3 rings (SSSR count). The van der Waals surface area contributed by atoms with Gasteiger partial charge in [0.1, 0.15) is 5.52 Å². The summed E-state index contributed by atoms with van der Waals surface area (Å²) < 4.78 is 16.8. The van der Waals surface area contributed by atoms with Crippen LogP contribution in [0.1, 0.15) is 48.6 Å². The first-order valence-corrected chi connectivity index (χ1v) is 9.36. The highest BCUT2D eigenvalue weighted by atomic mass is 16.5. The van der Waals surface area contributed by atoms with Crippen LogP contribution in [0.15, 0.2) is 40.8 Å². The van der Waals surface area contributed by atoms with Gasteiger partial charge in [0.05, 0.1) is 19.8 Å². The lowest BCUT2D eigenvalue weighted by atomic mass is 10.1. The van der Waals surface area contributed by atoms with Gasteiger partial charge in [-0.15, -0.1) is 0 Å². The Hall–Kier alpha value is -3.02. The van der Waals surface area contributed by atoms with Gasteiger partial charge in [-0.1, -0.05) is 19.9 Å². The van der Waals surface area contributed by atoms with Gasteiger partial charge in [-0.3, -0.25) is 4.79 Å². The van der Waals surface area contributed by atoms with Crippen molar-refractivity contribution in [2.45, 2.75) is 33.7 Å². The van der Waals surface area contributed by atoms with Crippen molar-refractivity contribution in [1.29, 1.82) is 0 Å². The lowest BCUT2D eigenvalue weighted by Gasteiger charge is -2.17. The molecule has 1 aromatic carbocycles. The number of carbonyl (C=O) groups is 1. The molecule has 28 heavy (non-hydrogen) atoms. The Morgan fingerprint density at radius 3 is 2.64 bits per heavy atom. The smallest absolute Gasteiger partial charge is 0.287 e. The molecule has 1 atom stereocenters. The van der Waals surface area contributed by atoms with Crippen molar-refractivity contribution in [2.24, 2.45) is 5.92 Å². The number of ether oxygens (including phenoxy) is 2. The van der Waals surface area contributed by atoms with E-state index >= 15 is 0 Å². The molecule has 0 fully saturated rings. The third-order valence-electron chi connectivity index (χ3n) is 4.34. The molecule has 2 heterocycles. The molecular formula is C22H26N2O4. The number of methoxy groups -OCH3 is 1. The van der Waals surface area contributed by atoms with Gasteiger partial charge < -0.3 is 19.2 Å². The average Bonchev–Trinajstić information content (AvgIpc) is 3.09. The van der Waals surface area contributed by atoms with Gasteiger partial charge in [-0.05, 0) is 49.6 Å². The number of nitrogens with one attached hydrogen (secondary N) is 1. The largest absolute Gasteiger partial charge is 0.493 e. The van der Waals surface area contributed by atoms with Crippen molar-refractivity contribution >= 4 is 17.0 Å². The molecule has 0 aliphatic heterocycles. The number of fused-ring (bicyclic) bond motifs is 1. The van der Waals surface area contributed by atoms with Crippen molar-refractivity contribution in [1.82, 2.24) is 10.3 Å². The second-order valence-electron chi connectivity index (χ2n) is 7.26. The summed E-state index contributed by atoms with van der Waals surface area (Å²) in [7, 11) is 1.61. The summed E-state index contributed by atoms with van der Waals surface area (Å²) in [5.41, 5.74) is 3.05. The second kappa shape index (κ2) is 8.33. The molecule has 0 bridgehead atoms. The fourth-order valence-corrected chi connectivity index (χ4v) is 2.82. The van der Waals surface area contributed by atoms with Gasteiger partial charge in [0.25, 0.3) is 5.91 Å². The molecule has 1 amide bonds. The van der Waals surface area contributed by atoms with Crippen LogP contribution in [0, 0.1) is 12.8 Å². The summed E-state index contributed by atoms with van der Waals surface area (Å²) in [5, 5.41) is 2.95. The highest BCUT2D eigenvalue weighted by Crippen LogP contribution is 2.31. The van der Waals surface area contributed by atoms with Crippen LogP contribution < -0.4 is 14.8 Å². The van der Waals surface area contributed by atoms with Gasteiger partial charge >= 0.3 is 0 Å². The predicted molar refractivity (Wildman–Crippen MR) is 108 cm³/mol. The van der Waals surface area contributed by atoms with Gasteiger partial charge in [0.15, 0.2) is 22.8 Å². The van der Waals surface area contributed by atoms with E-state index in [4.69, 9.17) is 13.9 Å². The van der Waals surface area contributed by atoms with Gasteiger partial charge in [-0.25, -0.2) is 4.98 Å². The standard InChI is InChI=1S/C22H26N2O4/c1-13(2)12-27-19-9-7-16(10-20(19)26-5)15(4)24-22(25)21-11-17-18(28-21)8-6-14(3)23-17/h6-11,13,15H,12H2,1-5H3,(H,24,25). The van der Waals surface area contributed by atoms with Crippen LogP contribution in [0.5, 0.6) is 11.5 Å². The van der Waals surface area contributed by atoms with Crippen molar-refractivity contribution < 1.29 is 18.7 Å². The van der Waals surface area contributed by atoms with E-state index < -0.39 is 0 Å². The van der Waals surface area contributed by atoms with E-state index in [1.54, 1.807) is 13.2 Å². The van der Waals surface area contributed by atoms with Crippen LogP contribution in [-0.4, -0.2) is 24.6 Å². The first-order chi connectivity index (χ1) is 13.4. The predicted octanol–water partition coefficient (Wildman–Crippen LogP) is 4.67. The Bertz CT molecular complexity index is 978. The number of aromatic nitrogens is 1. The Balaban J connectivity index is 1.73. The van der Waals surface area contributed by atoms with Crippen molar-refractivity contribution in [3.05, 3.63) is 53.4 Å². The van der Waals surface area contributed by atoms with E-state index in [1.807, 2.05) is 44.2 Å². The number of hydrogen-bond donors (Lipinski definition) is 1. The van der Waals surface area contributed by atoms with E-state index in [0.29, 0.717) is 35.1 Å². The first kappa shape index (κ1) is 19.7. The van der Waals surface area contributed by atoms with Crippen molar-refractivity contribution in [2.75, 3.05) is 13.7 Å². The molecule has 148 valence electrons. The zero-order valence-corrected chi connectivity index (χ0v) is 16.9. The van der Waals surface area contributed by atoms with E-state index in [0.717, 1.165) is 11.3 Å². The summed E-state index contributed by atoms with van der Waals surface area (Å²) in [6.07, 6.45) is 0. The van der Waals surface area contributed by atoms with Crippen LogP contribution in [0.25, 0.3) is 11.1 Å². The maximum atomic E-state index is 12.6. The Morgan fingerprint density at radius 1 is 1.14 bits per heavy atom. The summed E-state index contributed by atoms with van der Waals surface area (Å²) in [6, 6.07) is 10.8. The zero-order valence-electron chi connectivity index (χ0n) is 16.9. The molecule has 0 saturated carbocycles. The Labute approximate surface area is 164 Å². The Morgan fingerprint density at radius 2 is 1.93 bits per heavy atom. The number of furan rings is 1. The third kappa shape index (κ3) is 4.44. The maximum absolute atomic E-state index is 12.6. The first-order valence-electron chi connectivity index (χ1n) is 9.36. The summed E-state index contributed by atoms with van der Waals surface area (Å²) in [5.74, 6) is 1.70. The highest BCUT2D eigenvalue weighted by molar-refractivity contribution is 5.95. The van der Waals surface area contributed by atoms with Gasteiger partial charge in [0, 0.05) is 11.8 Å². The summed E-state index contributed by atoms with van der Waals surface area (Å²) >= 11 is 0. The monoisotopic (exact) mass is 382 g/mol. The van der Waals surface area contributed by atoms with Crippen LogP contribution >= 0.6 is 0 Å². The molecule has 0 aliphatic rings. The molecule has 6 nitrogen and oxygen atoms in total. The molecule has 2 aromatic heterocycles. The number of amides is 1. The topological polar surface area (TPSA) is 73.6 Å². The molecule has 0 spiro atoms. The molecule has 1 N–H and O–H groups in total. The Kier molecular flexibility index (Phi) is 5.87. The minimum absolute atomic E-state index is 0.233. The fraction of sp³-hybridized carbons (Fsp3) is 0.364. The molecular weight excluding hydrogens is 356 g/mol. The molecule has 3 aromatic rings. The fourth-order valence-electron chi connectivity index (χ4n) is 2.82. The van der Waals surface area contributed by atoms with Gasteiger partial charge in [-0.2, -0.15) is 0 Å². The van der Waals surface area contributed by atoms with Crippen LogP contribution in [0.3, 0.4) is 0 Å². The van der Waals surface area contributed by atoms with Crippen LogP contribution in [0.2, 0.25) is 0 Å². The van der Waals surface area contributed by atoms with Crippen LogP contribution in [-0.2, 0) is 0 Å². The number of benzene rings is 1. The van der Waals surface area contributed by atoms with E-state index in [2.05, 4.69) is 24.1 Å². The summed E-state index contributed by atoms with van der Waals surface area (Å²) in [4.78, 5) is 17.0. The van der Waals surface area contributed by atoms with Crippen molar-refractivity contribution in [3.63, 3.8) is 0 Å². The van der Waals surface area contributed by atoms with E-state index in [1.165, 1.54) is 0 Å². The third-order valence-corrected chi connectivity index (χ3v) is 4.34. The number of hydrogen-bond acceptors (Lipinski definition) is 5. The highest BCUT2D eigenvalue weighted by Gasteiger charge is 2.18. The average molecular weight is 382 g/mol. The minimum atomic E-state index is -0.290. The SMILES string of the molecule is COc1cc(C(C)NC(=O)c2cc3nc(C)ccc3o2)ccc1OCC(C)C. The number of pyridine rings is 1. The quantitative estimate of drug-likeness (QED) is 0.643. The number of nitrogens with zero attached hydrogens (tertiary/aromatic N) is 1. The lowest BCUT2D eigenvalue weighted by Crippen LogP contribution is -2.26. The van der Waals surface area contributed by atoms with Gasteiger partial charge in [0.2, 0.25) is 0 Å². The lowest BCUT2D eigenvalue weighted by molar-refractivity contribution is 0.0914. The van der Waals surface area contributed by atoms with Crippen molar-refractivity contribution in [3.8, 4) is 11.5 Å². The number of rotatable bonds is 7. The second-order valence-corrected chi connectivity index (χ2v) is 7.26. The van der Waals surface area contributed by atoms with E-state index in [9.17, 15) is 4.79 Å². The summed E-state index contributed by atoms with van der Waals surface area (Å²) in [6.45, 7) is 8.60. The van der Waals surface area contributed by atoms with E-state index in [-0.39, 0.29) is 17.7 Å². The molecule has 6 heteroatoms. The number of aryl methyl sites for hydroxylation is 1. The maximum Gasteiger partial charge on any atom is 0.287 e. The minimum Gasteiger partial charge on any atom is -0.493 e. The molecule has 0 saturated heterocycles. The molecule has 0 aliphatic carbocycles. The molecule has 1 unspecified atom stereocenters. The normalized spacial score (nSPS) is 12.2. The molecule has 0 radical (unpaired) electrons. The van der Waals surface area contributed by atoms with Crippen LogP contribution in [0.4, 0.5) is 0 Å². The number of carbonyl (C=O) groups excluding carboxylic acids is 1. The zero-order chi connectivity index (χ0) is 20.3.